The first-order chi connectivity index (χ1) is 10.2. The second kappa shape index (κ2) is 4.74. The first kappa shape index (κ1) is 12.7. The van der Waals surface area contributed by atoms with Crippen LogP contribution in [0.4, 0.5) is 0 Å². The van der Waals surface area contributed by atoms with E-state index in [1.807, 2.05) is 12.1 Å². The molecule has 0 atom stereocenters. The molecule has 0 saturated heterocycles. The fourth-order valence-electron chi connectivity index (χ4n) is 2.84. The molecule has 4 aromatic rings. The zero-order valence-corrected chi connectivity index (χ0v) is 13.1. The predicted octanol–water partition coefficient (Wildman–Crippen LogP) is 6.32. The molecule has 0 unspecified atom stereocenters. The van der Waals surface area contributed by atoms with E-state index < -0.39 is 0 Å². The number of benzene rings is 3. The van der Waals surface area contributed by atoms with E-state index in [0.717, 1.165) is 15.6 Å². The Morgan fingerprint density at radius 1 is 0.810 bits per heavy atom. The molecule has 0 aliphatic carbocycles. The summed E-state index contributed by atoms with van der Waals surface area (Å²) in [4.78, 5) is 0. The van der Waals surface area contributed by atoms with E-state index in [4.69, 9.17) is 4.42 Å². The van der Waals surface area contributed by atoms with Crippen molar-refractivity contribution in [1.29, 1.82) is 0 Å². The van der Waals surface area contributed by atoms with E-state index in [1.165, 1.54) is 27.5 Å². The molecule has 0 amide bonds. The van der Waals surface area contributed by atoms with E-state index in [1.54, 1.807) is 0 Å². The fourth-order valence-corrected chi connectivity index (χ4v) is 3.32. The number of hydrogen-bond acceptors (Lipinski definition) is 1. The van der Waals surface area contributed by atoms with Gasteiger partial charge >= 0.3 is 0 Å². The summed E-state index contributed by atoms with van der Waals surface area (Å²) in [5.41, 5.74) is 5.62. The second-order valence-electron chi connectivity index (χ2n) is 5.27. The van der Waals surface area contributed by atoms with Crippen molar-refractivity contribution in [3.05, 3.63) is 70.7 Å². The van der Waals surface area contributed by atoms with E-state index in [-0.39, 0.29) is 0 Å². The summed E-state index contributed by atoms with van der Waals surface area (Å²) < 4.78 is 6.99. The molecule has 2 heteroatoms. The summed E-state index contributed by atoms with van der Waals surface area (Å²) >= 11 is 3.52. The largest absolute Gasteiger partial charge is 0.456 e. The molecule has 4 rings (SSSR count). The van der Waals surface area contributed by atoms with Crippen molar-refractivity contribution in [2.75, 3.05) is 0 Å². The lowest BCUT2D eigenvalue weighted by Gasteiger charge is -2.06. The van der Waals surface area contributed by atoms with Crippen LogP contribution in [-0.2, 0) is 0 Å². The third kappa shape index (κ3) is 2.07. The average Bonchev–Trinajstić information content (AvgIpc) is 2.85. The maximum absolute atomic E-state index is 5.89. The molecule has 1 aromatic heterocycles. The first-order valence-corrected chi connectivity index (χ1v) is 7.69. The fraction of sp³-hybridized carbons (Fsp3) is 0.0526. The Morgan fingerprint density at radius 2 is 1.62 bits per heavy atom. The first-order valence-electron chi connectivity index (χ1n) is 6.90. The summed E-state index contributed by atoms with van der Waals surface area (Å²) in [6.07, 6.45) is 0. The van der Waals surface area contributed by atoms with Gasteiger partial charge in [0.05, 0.1) is 0 Å². The molecular weight excluding hydrogens is 324 g/mol. The highest BCUT2D eigenvalue weighted by molar-refractivity contribution is 9.10. The van der Waals surface area contributed by atoms with Crippen molar-refractivity contribution in [2.24, 2.45) is 0 Å². The number of para-hydroxylation sites is 1. The minimum absolute atomic E-state index is 0.940. The third-order valence-electron chi connectivity index (χ3n) is 3.88. The van der Waals surface area contributed by atoms with Gasteiger partial charge in [-0.1, -0.05) is 46.3 Å². The summed E-state index contributed by atoms with van der Waals surface area (Å²) in [6, 6.07) is 21.0. The zero-order chi connectivity index (χ0) is 14.4. The summed E-state index contributed by atoms with van der Waals surface area (Å²) in [6.45, 7) is 2.14. The minimum atomic E-state index is 0.940. The van der Waals surface area contributed by atoms with E-state index >= 15 is 0 Å². The highest BCUT2D eigenvalue weighted by atomic mass is 79.9. The topological polar surface area (TPSA) is 13.1 Å². The van der Waals surface area contributed by atoms with Gasteiger partial charge in [0.1, 0.15) is 11.2 Å². The standard InChI is InChI=1S/C19H13BrO/c1-12-10-14(20)7-8-15(12)13-6-9-19-17(11-13)16-4-2-3-5-18(16)21-19/h2-11H,1H3. The quantitative estimate of drug-likeness (QED) is 0.396. The molecule has 3 aromatic carbocycles. The van der Waals surface area contributed by atoms with Gasteiger partial charge in [-0.05, 0) is 53.9 Å². The molecule has 21 heavy (non-hydrogen) atoms. The van der Waals surface area contributed by atoms with Crippen LogP contribution < -0.4 is 0 Å². The highest BCUT2D eigenvalue weighted by Gasteiger charge is 2.09. The molecule has 0 N–H and O–H groups in total. The molecule has 0 bridgehead atoms. The Hall–Kier alpha value is -2.06. The molecule has 0 radical (unpaired) electrons. The van der Waals surface area contributed by atoms with Gasteiger partial charge in [0.25, 0.3) is 0 Å². The maximum Gasteiger partial charge on any atom is 0.135 e. The van der Waals surface area contributed by atoms with Crippen LogP contribution in [0.3, 0.4) is 0 Å². The van der Waals surface area contributed by atoms with Crippen molar-refractivity contribution in [2.45, 2.75) is 6.92 Å². The van der Waals surface area contributed by atoms with Gasteiger partial charge in [-0.15, -0.1) is 0 Å². The number of hydrogen-bond donors (Lipinski definition) is 0. The summed E-state index contributed by atoms with van der Waals surface area (Å²) in [5, 5.41) is 2.34. The Morgan fingerprint density at radius 3 is 2.48 bits per heavy atom. The molecule has 1 nitrogen and oxygen atoms in total. The molecular formula is C19H13BrO. The number of aryl methyl sites for hydroxylation is 1. The molecule has 0 spiro atoms. The lowest BCUT2D eigenvalue weighted by atomic mass is 9.99. The normalized spacial score (nSPS) is 11.3. The van der Waals surface area contributed by atoms with Gasteiger partial charge in [0.15, 0.2) is 0 Å². The molecule has 102 valence electrons. The lowest BCUT2D eigenvalue weighted by Crippen LogP contribution is -1.83. The molecule has 0 aliphatic heterocycles. The van der Waals surface area contributed by atoms with Crippen molar-refractivity contribution in [3.63, 3.8) is 0 Å². The number of halogens is 1. The Kier molecular flexibility index (Phi) is 2.86. The molecule has 0 saturated carbocycles. The van der Waals surface area contributed by atoms with Crippen molar-refractivity contribution < 1.29 is 4.42 Å². The van der Waals surface area contributed by atoms with Crippen LogP contribution >= 0.6 is 15.9 Å². The van der Waals surface area contributed by atoms with Crippen LogP contribution in [0.15, 0.2) is 69.6 Å². The van der Waals surface area contributed by atoms with Crippen LogP contribution in [0, 0.1) is 6.92 Å². The zero-order valence-electron chi connectivity index (χ0n) is 11.6. The highest BCUT2D eigenvalue weighted by Crippen LogP contribution is 2.33. The van der Waals surface area contributed by atoms with Gasteiger partial charge in [-0.2, -0.15) is 0 Å². The SMILES string of the molecule is Cc1cc(Br)ccc1-c1ccc2oc3ccccc3c2c1. The number of rotatable bonds is 1. The summed E-state index contributed by atoms with van der Waals surface area (Å²) in [7, 11) is 0. The predicted molar refractivity (Wildman–Crippen MR) is 91.6 cm³/mol. The monoisotopic (exact) mass is 336 g/mol. The van der Waals surface area contributed by atoms with E-state index in [9.17, 15) is 0 Å². The Bertz CT molecular complexity index is 966. The van der Waals surface area contributed by atoms with Gasteiger partial charge in [0, 0.05) is 15.2 Å². The minimum Gasteiger partial charge on any atom is -0.456 e. The molecule has 1 heterocycles. The number of furan rings is 1. The molecule has 0 fully saturated rings. The smallest absolute Gasteiger partial charge is 0.135 e. The van der Waals surface area contributed by atoms with E-state index in [0.29, 0.717) is 0 Å². The van der Waals surface area contributed by atoms with Crippen LogP contribution in [0.2, 0.25) is 0 Å². The van der Waals surface area contributed by atoms with Gasteiger partial charge in [0.2, 0.25) is 0 Å². The van der Waals surface area contributed by atoms with E-state index in [2.05, 4.69) is 71.4 Å². The second-order valence-corrected chi connectivity index (χ2v) is 6.18. The van der Waals surface area contributed by atoms with Crippen molar-refractivity contribution in [3.8, 4) is 11.1 Å². The Labute approximate surface area is 131 Å². The van der Waals surface area contributed by atoms with Crippen LogP contribution in [0.1, 0.15) is 5.56 Å². The van der Waals surface area contributed by atoms with Crippen LogP contribution in [-0.4, -0.2) is 0 Å². The van der Waals surface area contributed by atoms with Crippen LogP contribution in [0.25, 0.3) is 33.1 Å². The van der Waals surface area contributed by atoms with Gasteiger partial charge in [-0.3, -0.25) is 0 Å². The Balaban J connectivity index is 1.99. The lowest BCUT2D eigenvalue weighted by molar-refractivity contribution is 0.669. The van der Waals surface area contributed by atoms with Crippen molar-refractivity contribution >= 4 is 37.9 Å². The third-order valence-corrected chi connectivity index (χ3v) is 4.37. The average molecular weight is 337 g/mol. The molecule has 0 aliphatic rings. The summed E-state index contributed by atoms with van der Waals surface area (Å²) in [5.74, 6) is 0. The van der Waals surface area contributed by atoms with Gasteiger partial charge in [-0.25, -0.2) is 0 Å². The van der Waals surface area contributed by atoms with Crippen LogP contribution in [0.5, 0.6) is 0 Å². The van der Waals surface area contributed by atoms with Gasteiger partial charge < -0.3 is 4.42 Å². The van der Waals surface area contributed by atoms with Crippen molar-refractivity contribution in [1.82, 2.24) is 0 Å². The number of fused-ring (bicyclic) bond motifs is 3. The maximum atomic E-state index is 5.89.